The maximum absolute atomic E-state index is 12.0. The summed E-state index contributed by atoms with van der Waals surface area (Å²) in [5, 5.41) is 10.6. The molecular weight excluding hydrogens is 344 g/mol. The number of aliphatic hydroxyl groups is 1. The van der Waals surface area contributed by atoms with Crippen LogP contribution < -0.4 is 0 Å². The zero-order valence-electron chi connectivity index (χ0n) is 16.0. The molecule has 0 fully saturated rings. The molecule has 0 amide bonds. The van der Waals surface area contributed by atoms with E-state index in [1.807, 2.05) is 0 Å². The van der Waals surface area contributed by atoms with Crippen LogP contribution in [0.2, 0.25) is 0 Å². The highest BCUT2D eigenvalue weighted by Gasteiger charge is 2.54. The molecule has 0 heterocycles. The van der Waals surface area contributed by atoms with E-state index < -0.39 is 41.6 Å². The molecule has 0 saturated carbocycles. The lowest BCUT2D eigenvalue weighted by Crippen LogP contribution is -2.54. The van der Waals surface area contributed by atoms with Crippen molar-refractivity contribution in [3.63, 3.8) is 0 Å². The third kappa shape index (κ3) is 7.51. The summed E-state index contributed by atoms with van der Waals surface area (Å²) in [6.07, 6.45) is 5.11. The van der Waals surface area contributed by atoms with Crippen LogP contribution in [0.1, 0.15) is 58.8 Å². The Labute approximate surface area is 154 Å². The lowest BCUT2D eigenvalue weighted by atomic mass is 9.82. The van der Waals surface area contributed by atoms with Gasteiger partial charge in [0, 0.05) is 0 Å². The first kappa shape index (κ1) is 24.0. The van der Waals surface area contributed by atoms with Gasteiger partial charge in [-0.1, -0.05) is 39.0 Å². The van der Waals surface area contributed by atoms with Gasteiger partial charge in [0.25, 0.3) is 0 Å². The molecule has 150 valence electrons. The SMILES string of the molecule is CCCCCCCCOC(=O)CC(O)(C(=O)OC)C(C(C)=O)C(=O)OC. The Balaban J connectivity index is 4.84. The Morgan fingerprint density at radius 2 is 1.54 bits per heavy atom. The van der Waals surface area contributed by atoms with Gasteiger partial charge in [0.2, 0.25) is 0 Å². The van der Waals surface area contributed by atoms with Crippen molar-refractivity contribution < 1.29 is 38.5 Å². The molecule has 0 aliphatic rings. The number of carbonyl (C=O) groups is 4. The molecule has 0 aliphatic heterocycles. The fraction of sp³-hybridized carbons (Fsp3) is 0.778. The number of methoxy groups -OCH3 is 2. The molecule has 0 aromatic heterocycles. The van der Waals surface area contributed by atoms with E-state index in [1.165, 1.54) is 0 Å². The van der Waals surface area contributed by atoms with Crippen LogP contribution >= 0.6 is 0 Å². The Morgan fingerprint density at radius 3 is 2.04 bits per heavy atom. The number of esters is 3. The first-order valence-corrected chi connectivity index (χ1v) is 8.79. The van der Waals surface area contributed by atoms with Gasteiger partial charge in [0.05, 0.1) is 27.2 Å². The van der Waals surface area contributed by atoms with Gasteiger partial charge < -0.3 is 19.3 Å². The molecule has 0 aliphatic carbocycles. The zero-order chi connectivity index (χ0) is 20.2. The van der Waals surface area contributed by atoms with Crippen molar-refractivity contribution in [3.05, 3.63) is 0 Å². The molecule has 0 bridgehead atoms. The number of ether oxygens (including phenoxy) is 3. The van der Waals surface area contributed by atoms with Gasteiger partial charge in [-0.05, 0) is 13.3 Å². The Kier molecular flexibility index (Phi) is 11.5. The number of hydrogen-bond donors (Lipinski definition) is 1. The topological polar surface area (TPSA) is 116 Å². The molecule has 0 saturated heterocycles. The lowest BCUT2D eigenvalue weighted by Gasteiger charge is -2.29. The predicted molar refractivity (Wildman–Crippen MR) is 92.1 cm³/mol. The van der Waals surface area contributed by atoms with E-state index in [0.717, 1.165) is 53.2 Å². The van der Waals surface area contributed by atoms with Crippen LogP contribution in [0.15, 0.2) is 0 Å². The predicted octanol–water partition coefficient (Wildman–Crippen LogP) is 1.56. The quantitative estimate of drug-likeness (QED) is 0.223. The van der Waals surface area contributed by atoms with Crippen LogP contribution in [0.25, 0.3) is 0 Å². The van der Waals surface area contributed by atoms with Crippen molar-refractivity contribution in [1.29, 1.82) is 0 Å². The monoisotopic (exact) mass is 374 g/mol. The number of hydrogen-bond acceptors (Lipinski definition) is 8. The van der Waals surface area contributed by atoms with E-state index in [2.05, 4.69) is 16.4 Å². The van der Waals surface area contributed by atoms with Gasteiger partial charge in [0.15, 0.2) is 11.5 Å². The summed E-state index contributed by atoms with van der Waals surface area (Å²) in [6, 6.07) is 0. The largest absolute Gasteiger partial charge is 0.468 e. The van der Waals surface area contributed by atoms with Crippen LogP contribution in [-0.4, -0.2) is 55.2 Å². The normalized spacial score (nSPS) is 14.0. The summed E-state index contributed by atoms with van der Waals surface area (Å²) in [5.74, 6) is -6.01. The minimum absolute atomic E-state index is 0.130. The highest BCUT2D eigenvalue weighted by Crippen LogP contribution is 2.26. The summed E-state index contributed by atoms with van der Waals surface area (Å²) in [7, 11) is 1.98. The van der Waals surface area contributed by atoms with Crippen molar-refractivity contribution in [2.45, 2.75) is 64.4 Å². The third-order valence-electron chi connectivity index (χ3n) is 4.03. The molecule has 1 N–H and O–H groups in total. The van der Waals surface area contributed by atoms with Crippen molar-refractivity contribution in [2.24, 2.45) is 5.92 Å². The van der Waals surface area contributed by atoms with Crippen molar-refractivity contribution in [2.75, 3.05) is 20.8 Å². The number of unbranched alkanes of at least 4 members (excludes halogenated alkanes) is 5. The van der Waals surface area contributed by atoms with Crippen molar-refractivity contribution >= 4 is 23.7 Å². The summed E-state index contributed by atoms with van der Waals surface area (Å²) < 4.78 is 13.9. The third-order valence-corrected chi connectivity index (χ3v) is 4.03. The molecule has 2 atom stereocenters. The molecule has 8 nitrogen and oxygen atoms in total. The van der Waals surface area contributed by atoms with Crippen molar-refractivity contribution in [3.8, 4) is 0 Å². The molecule has 0 aromatic rings. The first-order chi connectivity index (χ1) is 12.2. The van der Waals surface area contributed by atoms with Gasteiger partial charge in [0.1, 0.15) is 5.78 Å². The molecule has 26 heavy (non-hydrogen) atoms. The summed E-state index contributed by atoms with van der Waals surface area (Å²) in [5.41, 5.74) is -2.67. The van der Waals surface area contributed by atoms with E-state index in [9.17, 15) is 24.3 Å². The van der Waals surface area contributed by atoms with E-state index in [1.54, 1.807) is 0 Å². The number of rotatable bonds is 13. The zero-order valence-corrected chi connectivity index (χ0v) is 16.0. The van der Waals surface area contributed by atoms with Gasteiger partial charge in [-0.25, -0.2) is 4.79 Å². The van der Waals surface area contributed by atoms with E-state index in [0.29, 0.717) is 6.42 Å². The lowest BCUT2D eigenvalue weighted by molar-refractivity contribution is -0.184. The smallest absolute Gasteiger partial charge is 0.339 e. The van der Waals surface area contributed by atoms with Gasteiger partial charge in [-0.15, -0.1) is 0 Å². The van der Waals surface area contributed by atoms with Gasteiger partial charge in [-0.2, -0.15) is 0 Å². The number of ketones is 1. The Bertz CT molecular complexity index is 488. The second-order valence-corrected chi connectivity index (χ2v) is 6.15. The van der Waals surface area contributed by atoms with E-state index in [4.69, 9.17) is 4.74 Å². The molecule has 0 aromatic carbocycles. The fourth-order valence-electron chi connectivity index (χ4n) is 2.62. The van der Waals surface area contributed by atoms with Crippen LogP contribution in [0, 0.1) is 5.92 Å². The molecular formula is C18H30O8. The minimum Gasteiger partial charge on any atom is -0.468 e. The molecule has 2 unspecified atom stereocenters. The maximum atomic E-state index is 12.0. The second-order valence-electron chi connectivity index (χ2n) is 6.15. The summed E-state index contributed by atoms with van der Waals surface area (Å²) in [6.45, 7) is 3.26. The van der Waals surface area contributed by atoms with Crippen LogP contribution in [0.5, 0.6) is 0 Å². The van der Waals surface area contributed by atoms with Crippen LogP contribution in [0.3, 0.4) is 0 Å². The Morgan fingerprint density at radius 1 is 0.962 bits per heavy atom. The summed E-state index contributed by atoms with van der Waals surface area (Å²) >= 11 is 0. The van der Waals surface area contributed by atoms with Gasteiger partial charge in [-0.3, -0.25) is 14.4 Å². The fourth-order valence-corrected chi connectivity index (χ4v) is 2.62. The maximum Gasteiger partial charge on any atom is 0.339 e. The highest BCUT2D eigenvalue weighted by atomic mass is 16.6. The highest BCUT2D eigenvalue weighted by molar-refractivity contribution is 6.05. The standard InChI is InChI=1S/C18H30O8/c1-5-6-7-8-9-10-11-26-14(20)12-18(23,17(22)25-4)15(13(2)19)16(21)24-3/h15,23H,5-12H2,1-4H3. The molecule has 8 heteroatoms. The molecule has 0 rings (SSSR count). The van der Waals surface area contributed by atoms with Crippen LogP contribution in [-0.2, 0) is 33.4 Å². The van der Waals surface area contributed by atoms with E-state index in [-0.39, 0.29) is 6.61 Å². The molecule has 0 spiro atoms. The Hall–Kier alpha value is -1.96. The average Bonchev–Trinajstić information content (AvgIpc) is 2.59. The van der Waals surface area contributed by atoms with Crippen LogP contribution in [0.4, 0.5) is 0 Å². The van der Waals surface area contributed by atoms with Crippen molar-refractivity contribution in [1.82, 2.24) is 0 Å². The number of Topliss-reactive ketones (excluding diaryl/α,β-unsaturated/α-hetero) is 1. The summed E-state index contributed by atoms with van der Waals surface area (Å²) in [4.78, 5) is 47.6. The van der Waals surface area contributed by atoms with E-state index >= 15 is 0 Å². The first-order valence-electron chi connectivity index (χ1n) is 8.79. The molecule has 0 radical (unpaired) electrons. The minimum atomic E-state index is -2.67. The second kappa shape index (κ2) is 12.4. The van der Waals surface area contributed by atoms with Gasteiger partial charge >= 0.3 is 17.9 Å². The average molecular weight is 374 g/mol. The number of carbonyl (C=O) groups excluding carboxylic acids is 4.